The summed E-state index contributed by atoms with van der Waals surface area (Å²) in [5.41, 5.74) is 1.14. The quantitative estimate of drug-likeness (QED) is 0.861. The molecule has 2 saturated heterocycles. The monoisotopic (exact) mass is 309 g/mol. The van der Waals surface area contributed by atoms with Crippen molar-refractivity contribution in [2.75, 3.05) is 32.9 Å². The van der Waals surface area contributed by atoms with Crippen LogP contribution in [0.2, 0.25) is 5.02 Å². The normalized spacial score (nSPS) is 24.8. The maximum atomic E-state index is 12.3. The van der Waals surface area contributed by atoms with Crippen LogP contribution in [0.25, 0.3) is 0 Å². The fourth-order valence-corrected chi connectivity index (χ4v) is 3.35. The molecule has 0 bridgehead atoms. The maximum Gasteiger partial charge on any atom is 0.260 e. The largest absolute Gasteiger partial charge is 0.483 e. The molecule has 3 rings (SSSR count). The number of amides is 1. The average Bonchev–Trinajstić information content (AvgIpc) is 3.08. The van der Waals surface area contributed by atoms with Gasteiger partial charge in [-0.25, -0.2) is 0 Å². The number of hydrogen-bond acceptors (Lipinski definition) is 3. The SMILES string of the molecule is Cc1cc(Cl)ccc1OCC(=O)N1CC[C@@]2(CCOC2)C1. The first-order chi connectivity index (χ1) is 10.1. The van der Waals surface area contributed by atoms with Gasteiger partial charge in [0.15, 0.2) is 6.61 Å². The van der Waals surface area contributed by atoms with Crippen LogP contribution in [0.1, 0.15) is 18.4 Å². The van der Waals surface area contributed by atoms with Gasteiger partial charge in [0.05, 0.1) is 6.61 Å². The number of nitrogens with zero attached hydrogens (tertiary/aromatic N) is 1. The number of carbonyl (C=O) groups excluding carboxylic acids is 1. The molecule has 0 saturated carbocycles. The predicted octanol–water partition coefficient (Wildman–Crippen LogP) is 2.67. The lowest BCUT2D eigenvalue weighted by atomic mass is 9.87. The van der Waals surface area contributed by atoms with Crippen molar-refractivity contribution in [2.45, 2.75) is 19.8 Å². The summed E-state index contributed by atoms with van der Waals surface area (Å²) in [5.74, 6) is 0.763. The molecule has 1 aromatic rings. The Morgan fingerprint density at radius 1 is 1.48 bits per heavy atom. The van der Waals surface area contributed by atoms with Gasteiger partial charge in [-0.2, -0.15) is 0 Å². The van der Waals surface area contributed by atoms with Crippen molar-refractivity contribution in [3.8, 4) is 5.75 Å². The summed E-state index contributed by atoms with van der Waals surface area (Å²) in [6.45, 7) is 5.22. The van der Waals surface area contributed by atoms with Crippen molar-refractivity contribution < 1.29 is 14.3 Å². The highest BCUT2D eigenvalue weighted by Crippen LogP contribution is 2.38. The fourth-order valence-electron chi connectivity index (χ4n) is 3.12. The minimum absolute atomic E-state index is 0.0492. The van der Waals surface area contributed by atoms with Gasteiger partial charge in [0.25, 0.3) is 5.91 Å². The van der Waals surface area contributed by atoms with Gasteiger partial charge in [0.2, 0.25) is 0 Å². The van der Waals surface area contributed by atoms with Gasteiger partial charge in [0, 0.05) is 30.1 Å². The van der Waals surface area contributed by atoms with Crippen LogP contribution in [0.4, 0.5) is 0 Å². The second-order valence-corrected chi connectivity index (χ2v) is 6.50. The maximum absolute atomic E-state index is 12.3. The molecule has 1 spiro atoms. The van der Waals surface area contributed by atoms with Crippen molar-refractivity contribution in [3.05, 3.63) is 28.8 Å². The highest BCUT2D eigenvalue weighted by Gasteiger charge is 2.42. The molecule has 2 aliphatic heterocycles. The molecule has 5 heteroatoms. The highest BCUT2D eigenvalue weighted by molar-refractivity contribution is 6.30. The van der Waals surface area contributed by atoms with E-state index in [0.29, 0.717) is 10.8 Å². The van der Waals surface area contributed by atoms with Gasteiger partial charge in [0.1, 0.15) is 5.75 Å². The molecule has 21 heavy (non-hydrogen) atoms. The second kappa shape index (κ2) is 5.85. The van der Waals surface area contributed by atoms with Crippen LogP contribution < -0.4 is 4.74 Å². The lowest BCUT2D eigenvalue weighted by Crippen LogP contribution is -2.35. The number of aryl methyl sites for hydroxylation is 1. The Hall–Kier alpha value is -1.26. The summed E-state index contributed by atoms with van der Waals surface area (Å²) in [4.78, 5) is 14.2. The van der Waals surface area contributed by atoms with E-state index in [9.17, 15) is 4.79 Å². The van der Waals surface area contributed by atoms with Crippen LogP contribution in [0, 0.1) is 12.3 Å². The van der Waals surface area contributed by atoms with Crippen molar-refractivity contribution in [3.63, 3.8) is 0 Å². The van der Waals surface area contributed by atoms with Crippen molar-refractivity contribution >= 4 is 17.5 Å². The van der Waals surface area contributed by atoms with Gasteiger partial charge in [-0.15, -0.1) is 0 Å². The Labute approximate surface area is 130 Å². The first-order valence-corrected chi connectivity index (χ1v) is 7.70. The Morgan fingerprint density at radius 2 is 2.33 bits per heavy atom. The number of benzene rings is 1. The zero-order valence-corrected chi connectivity index (χ0v) is 13.0. The van der Waals surface area contributed by atoms with Crippen LogP contribution in [0.3, 0.4) is 0 Å². The molecule has 1 aromatic carbocycles. The Morgan fingerprint density at radius 3 is 3.05 bits per heavy atom. The third kappa shape index (κ3) is 3.16. The summed E-state index contributed by atoms with van der Waals surface area (Å²) < 4.78 is 11.1. The Balaban J connectivity index is 1.55. The van der Waals surface area contributed by atoms with Crippen LogP contribution in [-0.2, 0) is 9.53 Å². The van der Waals surface area contributed by atoms with E-state index in [1.807, 2.05) is 17.9 Å². The molecule has 0 N–H and O–H groups in total. The first-order valence-electron chi connectivity index (χ1n) is 7.33. The molecule has 0 unspecified atom stereocenters. The highest BCUT2D eigenvalue weighted by atomic mass is 35.5. The van der Waals surface area contributed by atoms with E-state index in [2.05, 4.69) is 0 Å². The van der Waals surface area contributed by atoms with Crippen molar-refractivity contribution in [1.29, 1.82) is 0 Å². The van der Waals surface area contributed by atoms with E-state index in [1.54, 1.807) is 12.1 Å². The van der Waals surface area contributed by atoms with E-state index in [-0.39, 0.29) is 17.9 Å². The summed E-state index contributed by atoms with van der Waals surface area (Å²) >= 11 is 5.91. The molecule has 1 amide bonds. The molecule has 4 nitrogen and oxygen atoms in total. The standard InChI is InChI=1S/C16H20ClNO3/c1-12-8-13(17)2-3-14(12)21-9-15(19)18-6-4-16(10-18)5-7-20-11-16/h2-3,8H,4-7,9-11H2,1H3/t16-/m1/s1. The van der Waals surface area contributed by atoms with Gasteiger partial charge in [-0.3, -0.25) is 4.79 Å². The van der Waals surface area contributed by atoms with E-state index >= 15 is 0 Å². The molecule has 0 aliphatic carbocycles. The number of likely N-dealkylation sites (tertiary alicyclic amines) is 1. The lowest BCUT2D eigenvalue weighted by Gasteiger charge is -2.22. The zero-order valence-electron chi connectivity index (χ0n) is 12.2. The van der Waals surface area contributed by atoms with Crippen LogP contribution in [-0.4, -0.2) is 43.7 Å². The number of hydrogen-bond donors (Lipinski definition) is 0. The van der Waals surface area contributed by atoms with Crippen molar-refractivity contribution in [2.24, 2.45) is 5.41 Å². The molecule has 2 fully saturated rings. The van der Waals surface area contributed by atoms with Crippen LogP contribution in [0.15, 0.2) is 18.2 Å². The van der Waals surface area contributed by atoms with Crippen LogP contribution >= 0.6 is 11.6 Å². The molecular formula is C16H20ClNO3. The van der Waals surface area contributed by atoms with E-state index < -0.39 is 0 Å². The first kappa shape index (κ1) is 14.7. The smallest absolute Gasteiger partial charge is 0.260 e. The van der Waals surface area contributed by atoms with E-state index in [4.69, 9.17) is 21.1 Å². The Kier molecular flexibility index (Phi) is 4.09. The molecule has 2 heterocycles. The topological polar surface area (TPSA) is 38.8 Å². The number of rotatable bonds is 3. The van der Waals surface area contributed by atoms with Gasteiger partial charge < -0.3 is 14.4 Å². The van der Waals surface area contributed by atoms with Crippen molar-refractivity contribution in [1.82, 2.24) is 4.90 Å². The second-order valence-electron chi connectivity index (χ2n) is 6.07. The Bertz CT molecular complexity index is 540. The lowest BCUT2D eigenvalue weighted by molar-refractivity contribution is -0.132. The predicted molar refractivity (Wildman–Crippen MR) is 80.8 cm³/mol. The number of halogens is 1. The summed E-state index contributed by atoms with van der Waals surface area (Å²) in [6, 6.07) is 5.42. The zero-order chi connectivity index (χ0) is 14.9. The third-order valence-corrected chi connectivity index (χ3v) is 4.70. The molecule has 0 radical (unpaired) electrons. The minimum atomic E-state index is 0.0492. The summed E-state index contributed by atoms with van der Waals surface area (Å²) in [7, 11) is 0. The van der Waals surface area contributed by atoms with Gasteiger partial charge in [-0.05, 0) is 43.5 Å². The fraction of sp³-hybridized carbons (Fsp3) is 0.562. The average molecular weight is 310 g/mol. The van der Waals surface area contributed by atoms with Gasteiger partial charge >= 0.3 is 0 Å². The molecule has 1 atom stereocenters. The van der Waals surface area contributed by atoms with Gasteiger partial charge in [-0.1, -0.05) is 11.6 Å². The molecular weight excluding hydrogens is 290 g/mol. The van der Waals surface area contributed by atoms with E-state index in [0.717, 1.165) is 44.7 Å². The number of ether oxygens (including phenoxy) is 2. The summed E-state index contributed by atoms with van der Waals surface area (Å²) in [6.07, 6.45) is 2.10. The molecule has 2 aliphatic rings. The van der Waals surface area contributed by atoms with Crippen LogP contribution in [0.5, 0.6) is 5.75 Å². The van der Waals surface area contributed by atoms with E-state index in [1.165, 1.54) is 0 Å². The summed E-state index contributed by atoms with van der Waals surface area (Å²) in [5, 5.41) is 0.675. The molecule has 114 valence electrons. The number of carbonyl (C=O) groups is 1. The minimum Gasteiger partial charge on any atom is -0.483 e. The third-order valence-electron chi connectivity index (χ3n) is 4.46. The molecule has 0 aromatic heterocycles.